The summed E-state index contributed by atoms with van der Waals surface area (Å²) >= 11 is 1.87. The van der Waals surface area contributed by atoms with Crippen molar-refractivity contribution in [3.05, 3.63) is 27.7 Å². The smallest absolute Gasteiger partial charge is 0.267 e. The number of rotatable bonds is 4. The zero-order valence-corrected chi connectivity index (χ0v) is 15.3. The molecule has 0 bridgehead atoms. The van der Waals surface area contributed by atoms with E-state index in [1.54, 1.807) is 15.6 Å². The van der Waals surface area contributed by atoms with E-state index in [1.807, 2.05) is 18.8 Å². The summed E-state index contributed by atoms with van der Waals surface area (Å²) in [6, 6.07) is 1.77. The molecule has 2 saturated heterocycles. The molecule has 0 radical (unpaired) electrons. The Kier molecular flexibility index (Phi) is 4.84. The van der Waals surface area contributed by atoms with Gasteiger partial charge < -0.3 is 9.64 Å². The number of nitrogens with zero attached hydrogens (tertiary/aromatic N) is 4. The van der Waals surface area contributed by atoms with Crippen molar-refractivity contribution >= 4 is 17.7 Å². The second kappa shape index (κ2) is 7.09. The third kappa shape index (κ3) is 3.75. The van der Waals surface area contributed by atoms with Gasteiger partial charge in [-0.05, 0) is 11.3 Å². The minimum atomic E-state index is 0.0236. The van der Waals surface area contributed by atoms with Crippen molar-refractivity contribution in [3.8, 4) is 0 Å². The Hall–Kier alpha value is -1.38. The van der Waals surface area contributed by atoms with Crippen molar-refractivity contribution < 1.29 is 9.53 Å². The Morgan fingerprint density at radius 3 is 2.92 bits per heavy atom. The Balaban J connectivity index is 1.29. The summed E-state index contributed by atoms with van der Waals surface area (Å²) in [5.74, 6) is 2.51. The molecule has 7 nitrogen and oxygen atoms in total. The second-order valence-electron chi connectivity index (χ2n) is 7.23. The molecule has 4 rings (SSSR count). The van der Waals surface area contributed by atoms with Crippen LogP contribution < -0.4 is 5.56 Å². The highest BCUT2D eigenvalue weighted by molar-refractivity contribution is 7.98. The average molecular weight is 364 g/mol. The standard InChI is InChI=1S/C17H24N4O3S/c1-19-8-14(24-10-17(19)23)9-20-5-12(6-20)7-21-16(22)4-13-11-25-3-2-15(13)18-21/h4,12,14H,2-3,5-11H2,1H3. The van der Waals surface area contributed by atoms with Gasteiger partial charge in [-0.3, -0.25) is 14.5 Å². The van der Waals surface area contributed by atoms with Crippen LogP contribution in [-0.2, 0) is 28.2 Å². The SMILES string of the molecule is CN1CC(CN2CC(Cn3nc4c(cc3=O)CSCC4)C2)OCC1=O. The van der Waals surface area contributed by atoms with Crippen LogP contribution in [0.1, 0.15) is 11.3 Å². The van der Waals surface area contributed by atoms with Crippen molar-refractivity contribution in [2.75, 3.05) is 45.6 Å². The molecule has 0 N–H and O–H groups in total. The zero-order chi connectivity index (χ0) is 17.4. The molecule has 8 heteroatoms. The summed E-state index contributed by atoms with van der Waals surface area (Å²) in [4.78, 5) is 27.8. The number of thioether (sulfide) groups is 1. The van der Waals surface area contributed by atoms with E-state index in [0.29, 0.717) is 19.0 Å². The highest BCUT2D eigenvalue weighted by atomic mass is 32.2. The van der Waals surface area contributed by atoms with E-state index < -0.39 is 0 Å². The van der Waals surface area contributed by atoms with Gasteiger partial charge in [0.05, 0.1) is 18.3 Å². The minimum Gasteiger partial charge on any atom is -0.365 e. The fourth-order valence-electron chi connectivity index (χ4n) is 3.73. The molecule has 0 aromatic carbocycles. The summed E-state index contributed by atoms with van der Waals surface area (Å²) in [6.45, 7) is 4.30. The minimum absolute atomic E-state index is 0.0236. The van der Waals surface area contributed by atoms with Crippen LogP contribution in [0.2, 0.25) is 0 Å². The van der Waals surface area contributed by atoms with Crippen LogP contribution in [-0.4, -0.2) is 77.2 Å². The number of ether oxygens (including phenoxy) is 1. The van der Waals surface area contributed by atoms with Crippen LogP contribution in [0.4, 0.5) is 0 Å². The van der Waals surface area contributed by atoms with Crippen molar-refractivity contribution in [2.45, 2.75) is 24.8 Å². The maximum atomic E-state index is 12.3. The van der Waals surface area contributed by atoms with Crippen LogP contribution in [0, 0.1) is 5.92 Å². The van der Waals surface area contributed by atoms with Gasteiger partial charge in [0.2, 0.25) is 5.91 Å². The van der Waals surface area contributed by atoms with Gasteiger partial charge in [0.25, 0.3) is 5.56 Å². The first kappa shape index (κ1) is 17.1. The summed E-state index contributed by atoms with van der Waals surface area (Å²) in [5.41, 5.74) is 2.23. The molecule has 0 saturated carbocycles. The van der Waals surface area contributed by atoms with Crippen LogP contribution in [0.25, 0.3) is 0 Å². The van der Waals surface area contributed by atoms with Gasteiger partial charge in [0.15, 0.2) is 0 Å². The molecule has 3 aliphatic heterocycles. The Morgan fingerprint density at radius 2 is 2.12 bits per heavy atom. The maximum absolute atomic E-state index is 12.3. The Bertz CT molecular complexity index is 716. The molecular weight excluding hydrogens is 340 g/mol. The highest BCUT2D eigenvalue weighted by Gasteiger charge is 2.32. The number of amides is 1. The number of morpholine rings is 1. The number of hydrogen-bond acceptors (Lipinski definition) is 6. The summed E-state index contributed by atoms with van der Waals surface area (Å²) in [6.07, 6.45) is 1.05. The molecule has 1 unspecified atom stereocenters. The zero-order valence-electron chi connectivity index (χ0n) is 14.5. The lowest BCUT2D eigenvalue weighted by molar-refractivity contribution is -0.148. The number of likely N-dealkylation sites (N-methyl/N-ethyl adjacent to an activating group) is 1. The Labute approximate surface area is 151 Å². The van der Waals surface area contributed by atoms with Crippen molar-refractivity contribution in [1.29, 1.82) is 0 Å². The topological polar surface area (TPSA) is 67.7 Å². The largest absolute Gasteiger partial charge is 0.365 e. The third-order valence-electron chi connectivity index (χ3n) is 5.18. The summed E-state index contributed by atoms with van der Waals surface area (Å²) < 4.78 is 7.25. The lowest BCUT2D eigenvalue weighted by Crippen LogP contribution is -2.55. The van der Waals surface area contributed by atoms with Gasteiger partial charge in [-0.1, -0.05) is 0 Å². The van der Waals surface area contributed by atoms with Crippen molar-refractivity contribution in [1.82, 2.24) is 19.6 Å². The van der Waals surface area contributed by atoms with Gasteiger partial charge in [-0.25, -0.2) is 4.68 Å². The molecule has 1 amide bonds. The van der Waals surface area contributed by atoms with E-state index in [9.17, 15) is 9.59 Å². The van der Waals surface area contributed by atoms with Crippen molar-refractivity contribution in [2.24, 2.45) is 5.92 Å². The van der Waals surface area contributed by atoms with Gasteiger partial charge in [-0.15, -0.1) is 0 Å². The fourth-order valence-corrected chi connectivity index (χ4v) is 4.68. The van der Waals surface area contributed by atoms with Gasteiger partial charge in [0, 0.05) is 57.4 Å². The number of carbonyl (C=O) groups is 1. The summed E-state index contributed by atoms with van der Waals surface area (Å²) in [5, 5.41) is 4.60. The molecule has 4 heterocycles. The lowest BCUT2D eigenvalue weighted by atomic mass is 9.99. The van der Waals surface area contributed by atoms with E-state index in [4.69, 9.17) is 4.74 Å². The van der Waals surface area contributed by atoms with Crippen LogP contribution >= 0.6 is 11.8 Å². The molecule has 25 heavy (non-hydrogen) atoms. The molecule has 136 valence electrons. The first-order chi connectivity index (χ1) is 12.1. The van der Waals surface area contributed by atoms with E-state index >= 15 is 0 Å². The van der Waals surface area contributed by atoms with Gasteiger partial charge >= 0.3 is 0 Å². The summed E-state index contributed by atoms with van der Waals surface area (Å²) in [7, 11) is 1.82. The van der Waals surface area contributed by atoms with Crippen molar-refractivity contribution in [3.63, 3.8) is 0 Å². The molecule has 1 aromatic rings. The number of carbonyl (C=O) groups excluding carboxylic acids is 1. The molecule has 1 atom stereocenters. The van der Waals surface area contributed by atoms with Crippen LogP contribution in [0.3, 0.4) is 0 Å². The number of hydrogen-bond donors (Lipinski definition) is 0. The van der Waals surface area contributed by atoms with Gasteiger partial charge in [-0.2, -0.15) is 16.9 Å². The third-order valence-corrected chi connectivity index (χ3v) is 6.18. The quantitative estimate of drug-likeness (QED) is 0.739. The Morgan fingerprint density at radius 1 is 1.28 bits per heavy atom. The monoisotopic (exact) mass is 364 g/mol. The predicted octanol–water partition coefficient (Wildman–Crippen LogP) is -0.178. The molecule has 3 aliphatic rings. The molecule has 2 fully saturated rings. The number of likely N-dealkylation sites (tertiary alicyclic amines) is 1. The highest BCUT2D eigenvalue weighted by Crippen LogP contribution is 2.22. The molecular formula is C17H24N4O3S. The van der Waals surface area contributed by atoms with E-state index in [2.05, 4.69) is 10.00 Å². The number of aryl methyl sites for hydroxylation is 1. The first-order valence-corrected chi connectivity index (χ1v) is 9.99. The second-order valence-corrected chi connectivity index (χ2v) is 8.34. The van der Waals surface area contributed by atoms with Crippen LogP contribution in [0.5, 0.6) is 0 Å². The predicted molar refractivity (Wildman–Crippen MR) is 95.7 cm³/mol. The van der Waals surface area contributed by atoms with Gasteiger partial charge in [0.1, 0.15) is 6.61 Å². The first-order valence-electron chi connectivity index (χ1n) is 8.84. The number of aromatic nitrogens is 2. The van der Waals surface area contributed by atoms with E-state index in [-0.39, 0.29) is 24.2 Å². The fraction of sp³-hybridized carbons (Fsp3) is 0.706. The normalized spacial score (nSPS) is 24.9. The van der Waals surface area contributed by atoms with E-state index in [1.165, 1.54) is 0 Å². The molecule has 0 aliphatic carbocycles. The average Bonchev–Trinajstić information content (AvgIpc) is 2.56. The molecule has 1 aromatic heterocycles. The lowest BCUT2D eigenvalue weighted by Gasteiger charge is -2.42. The van der Waals surface area contributed by atoms with Crippen LogP contribution in [0.15, 0.2) is 10.9 Å². The molecule has 0 spiro atoms. The number of fused-ring (bicyclic) bond motifs is 1. The van der Waals surface area contributed by atoms with E-state index in [0.717, 1.165) is 48.8 Å². The maximum Gasteiger partial charge on any atom is 0.267 e.